The van der Waals surface area contributed by atoms with Gasteiger partial charge in [0.05, 0.1) is 13.2 Å². The van der Waals surface area contributed by atoms with Crippen molar-refractivity contribution in [3.05, 3.63) is 29.3 Å². The largest absolute Gasteiger partial charge is 0.492 e. The number of esters is 1. The predicted octanol–water partition coefficient (Wildman–Crippen LogP) is 4.24. The lowest BCUT2D eigenvalue weighted by Crippen LogP contribution is -2.19. The van der Waals surface area contributed by atoms with Crippen LogP contribution in [0.1, 0.15) is 57.0 Å². The van der Waals surface area contributed by atoms with Gasteiger partial charge in [-0.05, 0) is 30.4 Å². The van der Waals surface area contributed by atoms with Crippen LogP contribution in [0.5, 0.6) is 5.75 Å². The quantitative estimate of drug-likeness (QED) is 0.730. The average molecular weight is 278 g/mol. The Bertz CT molecular complexity index is 444. The van der Waals surface area contributed by atoms with E-state index < -0.39 is 0 Å². The highest BCUT2D eigenvalue weighted by atomic mass is 16.5. The van der Waals surface area contributed by atoms with Crippen LogP contribution in [-0.2, 0) is 11.2 Å². The molecule has 0 heterocycles. The van der Waals surface area contributed by atoms with E-state index in [0.717, 1.165) is 18.4 Å². The number of benzene rings is 1. The molecule has 0 amide bonds. The minimum atomic E-state index is -0.311. The summed E-state index contributed by atoms with van der Waals surface area (Å²) in [5, 5.41) is 0. The number of hydrogen-bond acceptors (Lipinski definition) is 3. The van der Waals surface area contributed by atoms with Crippen LogP contribution >= 0.6 is 0 Å². The van der Waals surface area contributed by atoms with Gasteiger partial charge in [0.15, 0.2) is 0 Å². The molecule has 0 N–H and O–H groups in total. The Balaban J connectivity index is 3.09. The molecule has 0 bridgehead atoms. The second kappa shape index (κ2) is 7.32. The molecule has 20 heavy (non-hydrogen) atoms. The van der Waals surface area contributed by atoms with Gasteiger partial charge in [-0.15, -0.1) is 0 Å². The van der Waals surface area contributed by atoms with Gasteiger partial charge in [-0.1, -0.05) is 46.2 Å². The molecule has 0 unspecified atom stereocenters. The first-order valence-electron chi connectivity index (χ1n) is 7.31. The van der Waals surface area contributed by atoms with Crippen LogP contribution in [0.2, 0.25) is 0 Å². The molecule has 0 fully saturated rings. The van der Waals surface area contributed by atoms with Crippen molar-refractivity contribution in [2.24, 2.45) is 5.41 Å². The van der Waals surface area contributed by atoms with E-state index in [1.807, 2.05) is 19.1 Å². The summed E-state index contributed by atoms with van der Waals surface area (Å²) >= 11 is 0. The average Bonchev–Trinajstić information content (AvgIpc) is 2.36. The lowest BCUT2D eigenvalue weighted by molar-refractivity contribution is 0.0519. The van der Waals surface area contributed by atoms with Crippen molar-refractivity contribution in [2.45, 2.75) is 47.5 Å². The summed E-state index contributed by atoms with van der Waals surface area (Å²) in [5.74, 6) is 0.372. The normalized spacial score (nSPS) is 11.2. The van der Waals surface area contributed by atoms with Crippen LogP contribution in [0.4, 0.5) is 0 Å². The summed E-state index contributed by atoms with van der Waals surface area (Å²) in [4.78, 5) is 12.0. The number of rotatable bonds is 6. The van der Waals surface area contributed by atoms with Crippen molar-refractivity contribution in [2.75, 3.05) is 13.2 Å². The maximum absolute atomic E-state index is 12.0. The van der Waals surface area contributed by atoms with Gasteiger partial charge in [0.1, 0.15) is 11.3 Å². The summed E-state index contributed by atoms with van der Waals surface area (Å²) in [6.07, 6.45) is 1.91. The van der Waals surface area contributed by atoms with Gasteiger partial charge in [-0.3, -0.25) is 0 Å². The van der Waals surface area contributed by atoms with Crippen LogP contribution in [0.15, 0.2) is 18.2 Å². The Morgan fingerprint density at radius 1 is 1.20 bits per heavy atom. The molecule has 0 aromatic heterocycles. The summed E-state index contributed by atoms with van der Waals surface area (Å²) < 4.78 is 11.1. The summed E-state index contributed by atoms with van der Waals surface area (Å²) in [5.41, 5.74) is 1.65. The number of carbonyl (C=O) groups excluding carboxylic acids is 1. The highest BCUT2D eigenvalue weighted by molar-refractivity contribution is 5.93. The van der Waals surface area contributed by atoms with E-state index in [-0.39, 0.29) is 11.4 Å². The van der Waals surface area contributed by atoms with Crippen molar-refractivity contribution in [3.63, 3.8) is 0 Å². The van der Waals surface area contributed by atoms with E-state index in [0.29, 0.717) is 24.5 Å². The van der Waals surface area contributed by atoms with Gasteiger partial charge in [-0.2, -0.15) is 0 Å². The molecule has 1 aromatic carbocycles. The van der Waals surface area contributed by atoms with Crippen molar-refractivity contribution in [1.29, 1.82) is 0 Å². The van der Waals surface area contributed by atoms with E-state index in [2.05, 4.69) is 27.7 Å². The SMILES string of the molecule is CCCc1cccc(C(=O)OCC)c1OCC(C)(C)C. The van der Waals surface area contributed by atoms with Crippen molar-refractivity contribution in [3.8, 4) is 5.75 Å². The smallest absolute Gasteiger partial charge is 0.341 e. The van der Waals surface area contributed by atoms with Crippen LogP contribution in [0.3, 0.4) is 0 Å². The molecular formula is C17H26O3. The molecule has 0 atom stereocenters. The van der Waals surface area contributed by atoms with E-state index in [9.17, 15) is 4.79 Å². The van der Waals surface area contributed by atoms with Crippen molar-refractivity contribution >= 4 is 5.97 Å². The van der Waals surface area contributed by atoms with Crippen LogP contribution in [0, 0.1) is 5.41 Å². The lowest BCUT2D eigenvalue weighted by atomic mass is 9.98. The minimum absolute atomic E-state index is 0.0469. The molecule has 112 valence electrons. The second-order valence-corrected chi connectivity index (χ2v) is 6.11. The Hall–Kier alpha value is -1.51. The third-order valence-electron chi connectivity index (χ3n) is 2.76. The third kappa shape index (κ3) is 4.87. The summed E-state index contributed by atoms with van der Waals surface area (Å²) in [7, 11) is 0. The number of carbonyl (C=O) groups is 1. The van der Waals surface area contributed by atoms with Crippen molar-refractivity contribution in [1.82, 2.24) is 0 Å². The zero-order valence-electron chi connectivity index (χ0n) is 13.3. The highest BCUT2D eigenvalue weighted by Gasteiger charge is 2.19. The van der Waals surface area contributed by atoms with Crippen LogP contribution < -0.4 is 4.74 Å². The molecule has 0 saturated heterocycles. The second-order valence-electron chi connectivity index (χ2n) is 6.11. The van der Waals surface area contributed by atoms with Gasteiger partial charge in [0.2, 0.25) is 0 Å². The Kier molecular flexibility index (Phi) is 6.05. The number of para-hydroxylation sites is 1. The number of hydrogen-bond donors (Lipinski definition) is 0. The molecule has 0 aliphatic carbocycles. The molecule has 0 spiro atoms. The lowest BCUT2D eigenvalue weighted by Gasteiger charge is -2.22. The highest BCUT2D eigenvalue weighted by Crippen LogP contribution is 2.28. The van der Waals surface area contributed by atoms with Crippen LogP contribution in [0.25, 0.3) is 0 Å². The molecule has 0 aliphatic heterocycles. The first kappa shape index (κ1) is 16.5. The molecule has 0 radical (unpaired) electrons. The molecule has 3 nitrogen and oxygen atoms in total. The fourth-order valence-electron chi connectivity index (χ4n) is 1.88. The topological polar surface area (TPSA) is 35.5 Å². The molecule has 3 heteroatoms. The van der Waals surface area contributed by atoms with Crippen molar-refractivity contribution < 1.29 is 14.3 Å². The summed E-state index contributed by atoms with van der Waals surface area (Å²) in [6, 6.07) is 5.68. The minimum Gasteiger partial charge on any atom is -0.492 e. The molecule has 1 rings (SSSR count). The fourth-order valence-corrected chi connectivity index (χ4v) is 1.88. The van der Waals surface area contributed by atoms with E-state index in [1.165, 1.54) is 0 Å². The maximum Gasteiger partial charge on any atom is 0.341 e. The van der Waals surface area contributed by atoms with Gasteiger partial charge < -0.3 is 9.47 Å². The Morgan fingerprint density at radius 3 is 2.45 bits per heavy atom. The van der Waals surface area contributed by atoms with E-state index >= 15 is 0 Å². The number of aryl methyl sites for hydroxylation is 1. The van der Waals surface area contributed by atoms with Crippen LogP contribution in [-0.4, -0.2) is 19.2 Å². The molecule has 0 aliphatic rings. The molecular weight excluding hydrogens is 252 g/mol. The third-order valence-corrected chi connectivity index (χ3v) is 2.76. The van der Waals surface area contributed by atoms with E-state index in [1.54, 1.807) is 6.07 Å². The van der Waals surface area contributed by atoms with Gasteiger partial charge in [0, 0.05) is 0 Å². The Morgan fingerprint density at radius 2 is 1.90 bits per heavy atom. The Labute approximate surface area is 122 Å². The molecule has 0 saturated carbocycles. The zero-order valence-corrected chi connectivity index (χ0v) is 13.3. The zero-order chi connectivity index (χ0) is 15.2. The van der Waals surface area contributed by atoms with Gasteiger partial charge in [0.25, 0.3) is 0 Å². The van der Waals surface area contributed by atoms with Gasteiger partial charge in [-0.25, -0.2) is 4.79 Å². The standard InChI is InChI=1S/C17H26O3/c1-6-9-13-10-8-11-14(16(18)19-7-2)15(13)20-12-17(3,4)5/h8,10-11H,6-7,9,12H2,1-5H3. The monoisotopic (exact) mass is 278 g/mol. The number of ether oxygens (including phenoxy) is 2. The summed E-state index contributed by atoms with van der Waals surface area (Å²) in [6.45, 7) is 11.2. The predicted molar refractivity (Wildman–Crippen MR) is 81.3 cm³/mol. The molecule has 1 aromatic rings. The first-order chi connectivity index (χ1) is 9.39. The maximum atomic E-state index is 12.0. The first-order valence-corrected chi connectivity index (χ1v) is 7.31. The fraction of sp³-hybridized carbons (Fsp3) is 0.588. The van der Waals surface area contributed by atoms with E-state index in [4.69, 9.17) is 9.47 Å². The van der Waals surface area contributed by atoms with Gasteiger partial charge >= 0.3 is 5.97 Å².